The van der Waals surface area contributed by atoms with Gasteiger partial charge in [-0.25, -0.2) is 4.79 Å². The highest BCUT2D eigenvalue weighted by Crippen LogP contribution is 1.95. The Morgan fingerprint density at radius 3 is 2.60 bits per heavy atom. The lowest BCUT2D eigenvalue weighted by Crippen LogP contribution is -2.30. The molecule has 0 aromatic carbocycles. The molecule has 0 rings (SSSR count). The fourth-order valence-electron chi connectivity index (χ4n) is 0.350. The summed E-state index contributed by atoms with van der Waals surface area (Å²) in [4.78, 5) is 20.3. The Bertz CT molecular complexity index is 137. The predicted molar refractivity (Wildman–Crippen MR) is 39.2 cm³/mol. The molecule has 0 saturated carbocycles. The fourth-order valence-corrected chi connectivity index (χ4v) is 0.812. The number of rotatable bonds is 3. The van der Waals surface area contributed by atoms with Gasteiger partial charge in [0.2, 0.25) is 5.91 Å². The van der Waals surface area contributed by atoms with Gasteiger partial charge < -0.3 is 5.11 Å². The van der Waals surface area contributed by atoms with E-state index in [1.54, 1.807) is 5.32 Å². The molecular weight excluding hydrogens is 154 g/mol. The third-order valence-corrected chi connectivity index (χ3v) is 1.56. The average molecular weight is 163 g/mol. The first kappa shape index (κ1) is 9.29. The Labute approximate surface area is 63.0 Å². The first-order chi connectivity index (χ1) is 4.66. The summed E-state index contributed by atoms with van der Waals surface area (Å²) in [7, 11) is 0. The molecule has 5 heteroatoms. The van der Waals surface area contributed by atoms with Gasteiger partial charge in [0.1, 0.15) is 0 Å². The first-order valence-corrected chi connectivity index (χ1v) is 3.92. The van der Waals surface area contributed by atoms with E-state index in [0.717, 1.165) is 5.75 Å². The Balaban J connectivity index is 3.35. The predicted octanol–water partition coefficient (Wildman–Crippen LogP) is 0.534. The van der Waals surface area contributed by atoms with E-state index in [9.17, 15) is 9.59 Å². The summed E-state index contributed by atoms with van der Waals surface area (Å²) < 4.78 is 0. The van der Waals surface area contributed by atoms with Crippen molar-refractivity contribution in [3.05, 3.63) is 0 Å². The Hall–Kier alpha value is -0.710. The topological polar surface area (TPSA) is 66.4 Å². The second-order valence-corrected chi connectivity index (χ2v) is 2.76. The largest absolute Gasteiger partial charge is 0.465 e. The summed E-state index contributed by atoms with van der Waals surface area (Å²) in [6.45, 7) is 1.90. The van der Waals surface area contributed by atoms with E-state index >= 15 is 0 Å². The molecule has 0 bridgehead atoms. The SMILES string of the molecule is CCSCC(=O)NC(=O)O. The van der Waals surface area contributed by atoms with Crippen molar-refractivity contribution in [1.29, 1.82) is 0 Å². The second kappa shape index (κ2) is 5.10. The molecular formula is C5H9NO3S. The molecule has 0 aliphatic rings. The molecule has 0 fully saturated rings. The molecule has 58 valence electrons. The quantitative estimate of drug-likeness (QED) is 0.637. The Morgan fingerprint density at radius 2 is 2.20 bits per heavy atom. The molecule has 4 nitrogen and oxygen atoms in total. The van der Waals surface area contributed by atoms with E-state index in [2.05, 4.69) is 0 Å². The number of carbonyl (C=O) groups is 2. The number of carboxylic acid groups (broad SMARTS) is 1. The second-order valence-electron chi connectivity index (χ2n) is 1.49. The standard InChI is InChI=1S/C5H9NO3S/c1-2-10-3-4(7)6-5(8)9/h2-3H2,1H3,(H,6,7)(H,8,9). The Morgan fingerprint density at radius 1 is 1.60 bits per heavy atom. The van der Waals surface area contributed by atoms with E-state index < -0.39 is 12.0 Å². The summed E-state index contributed by atoms with van der Waals surface area (Å²) in [6.07, 6.45) is -1.29. The minimum atomic E-state index is -1.29. The van der Waals surface area contributed by atoms with Crippen molar-refractivity contribution < 1.29 is 14.7 Å². The first-order valence-electron chi connectivity index (χ1n) is 2.77. The lowest BCUT2D eigenvalue weighted by molar-refractivity contribution is -0.117. The zero-order valence-electron chi connectivity index (χ0n) is 5.59. The van der Waals surface area contributed by atoms with E-state index in [1.807, 2.05) is 6.92 Å². The van der Waals surface area contributed by atoms with Gasteiger partial charge in [0.25, 0.3) is 0 Å². The van der Waals surface area contributed by atoms with Crippen molar-refractivity contribution in [3.8, 4) is 0 Å². The number of hydrogen-bond acceptors (Lipinski definition) is 3. The van der Waals surface area contributed by atoms with Crippen molar-refractivity contribution in [1.82, 2.24) is 5.32 Å². The molecule has 0 aromatic rings. The molecule has 0 atom stereocenters. The highest BCUT2D eigenvalue weighted by molar-refractivity contribution is 7.99. The monoisotopic (exact) mass is 163 g/mol. The maximum atomic E-state index is 10.5. The van der Waals surface area contributed by atoms with Crippen LogP contribution in [0, 0.1) is 0 Å². The number of thioether (sulfide) groups is 1. The minimum Gasteiger partial charge on any atom is -0.465 e. The Kier molecular flexibility index (Phi) is 4.74. The highest BCUT2D eigenvalue weighted by Gasteiger charge is 2.03. The maximum Gasteiger partial charge on any atom is 0.411 e. The molecule has 0 heterocycles. The van der Waals surface area contributed by atoms with Crippen LogP contribution in [-0.4, -0.2) is 28.6 Å². The maximum absolute atomic E-state index is 10.5. The molecule has 2 amide bonds. The van der Waals surface area contributed by atoms with Crippen LogP contribution in [0.4, 0.5) is 4.79 Å². The van der Waals surface area contributed by atoms with E-state index in [4.69, 9.17) is 5.11 Å². The summed E-state index contributed by atoms with van der Waals surface area (Å²) in [5.74, 6) is 0.565. The van der Waals surface area contributed by atoms with Crippen molar-refractivity contribution in [2.24, 2.45) is 0 Å². The summed E-state index contributed by atoms with van der Waals surface area (Å²) in [6, 6.07) is 0. The normalized spacial score (nSPS) is 8.90. The van der Waals surface area contributed by atoms with Crippen LogP contribution in [0.2, 0.25) is 0 Å². The average Bonchev–Trinajstić information content (AvgIpc) is 1.82. The summed E-state index contributed by atoms with van der Waals surface area (Å²) in [5.41, 5.74) is 0. The van der Waals surface area contributed by atoms with Gasteiger partial charge >= 0.3 is 6.09 Å². The number of imide groups is 1. The lowest BCUT2D eigenvalue weighted by atomic mass is 10.7. The van der Waals surface area contributed by atoms with Gasteiger partial charge in [-0.3, -0.25) is 10.1 Å². The van der Waals surface area contributed by atoms with Crippen molar-refractivity contribution in [2.75, 3.05) is 11.5 Å². The van der Waals surface area contributed by atoms with Crippen LogP contribution in [0.25, 0.3) is 0 Å². The summed E-state index contributed by atoms with van der Waals surface area (Å²) in [5, 5.41) is 9.78. The van der Waals surface area contributed by atoms with Gasteiger partial charge in [-0.05, 0) is 5.75 Å². The van der Waals surface area contributed by atoms with Crippen molar-refractivity contribution in [3.63, 3.8) is 0 Å². The number of amides is 2. The van der Waals surface area contributed by atoms with Crippen LogP contribution >= 0.6 is 11.8 Å². The molecule has 0 aliphatic carbocycles. The van der Waals surface area contributed by atoms with Crippen LogP contribution in [0.1, 0.15) is 6.92 Å². The van der Waals surface area contributed by atoms with Gasteiger partial charge in [0.15, 0.2) is 0 Å². The minimum absolute atomic E-state index is 0.211. The smallest absolute Gasteiger partial charge is 0.411 e. The van der Waals surface area contributed by atoms with Crippen molar-refractivity contribution in [2.45, 2.75) is 6.92 Å². The number of hydrogen-bond donors (Lipinski definition) is 2. The van der Waals surface area contributed by atoms with Gasteiger partial charge in [-0.15, -0.1) is 0 Å². The van der Waals surface area contributed by atoms with Gasteiger partial charge in [0, 0.05) is 0 Å². The summed E-state index contributed by atoms with van der Waals surface area (Å²) >= 11 is 1.38. The molecule has 0 aliphatic heterocycles. The van der Waals surface area contributed by atoms with Gasteiger partial charge in [-0.2, -0.15) is 11.8 Å². The van der Waals surface area contributed by atoms with Crippen LogP contribution in [-0.2, 0) is 4.79 Å². The van der Waals surface area contributed by atoms with Crippen LogP contribution in [0.5, 0.6) is 0 Å². The third-order valence-electron chi connectivity index (χ3n) is 0.684. The van der Waals surface area contributed by atoms with Crippen LogP contribution < -0.4 is 5.32 Å². The molecule has 0 spiro atoms. The molecule has 0 unspecified atom stereocenters. The van der Waals surface area contributed by atoms with Crippen LogP contribution in [0.15, 0.2) is 0 Å². The highest BCUT2D eigenvalue weighted by atomic mass is 32.2. The van der Waals surface area contributed by atoms with Gasteiger partial charge in [0.05, 0.1) is 5.75 Å². The lowest BCUT2D eigenvalue weighted by Gasteiger charge is -1.96. The van der Waals surface area contributed by atoms with Crippen molar-refractivity contribution >= 4 is 23.8 Å². The van der Waals surface area contributed by atoms with E-state index in [-0.39, 0.29) is 5.75 Å². The molecule has 0 radical (unpaired) electrons. The molecule has 2 N–H and O–H groups in total. The molecule has 0 saturated heterocycles. The van der Waals surface area contributed by atoms with Crippen LogP contribution in [0.3, 0.4) is 0 Å². The fraction of sp³-hybridized carbons (Fsp3) is 0.600. The third kappa shape index (κ3) is 5.43. The molecule has 10 heavy (non-hydrogen) atoms. The number of carbonyl (C=O) groups excluding carboxylic acids is 1. The zero-order chi connectivity index (χ0) is 7.98. The van der Waals surface area contributed by atoms with E-state index in [1.165, 1.54) is 11.8 Å². The number of nitrogens with one attached hydrogen (secondary N) is 1. The molecule has 0 aromatic heterocycles. The van der Waals surface area contributed by atoms with Gasteiger partial charge in [-0.1, -0.05) is 6.92 Å². The zero-order valence-corrected chi connectivity index (χ0v) is 6.40. The van der Waals surface area contributed by atoms with E-state index in [0.29, 0.717) is 0 Å².